The van der Waals surface area contributed by atoms with Crippen molar-refractivity contribution in [3.8, 4) is 0 Å². The first-order chi connectivity index (χ1) is 10.7. The second-order valence-electron chi connectivity index (χ2n) is 5.00. The number of aromatic amines is 1. The number of amides is 1. The van der Waals surface area contributed by atoms with E-state index in [9.17, 15) is 9.59 Å². The molecule has 7 nitrogen and oxygen atoms in total. The number of hydrogen-bond acceptors (Lipinski definition) is 4. The summed E-state index contributed by atoms with van der Waals surface area (Å²) in [6.45, 7) is 2.14. The topological polar surface area (TPSA) is 92.9 Å². The van der Waals surface area contributed by atoms with Crippen LogP contribution in [0.3, 0.4) is 0 Å². The molecule has 0 bridgehead atoms. The van der Waals surface area contributed by atoms with Gasteiger partial charge in [0.2, 0.25) is 5.91 Å². The number of fused-ring (bicyclic) bond motifs is 1. The molecule has 1 atom stereocenters. The van der Waals surface area contributed by atoms with Gasteiger partial charge in [-0.1, -0.05) is 12.1 Å². The molecule has 3 aromatic rings. The normalized spacial score (nSPS) is 12.4. The number of rotatable bonds is 5. The fourth-order valence-electron chi connectivity index (χ4n) is 2.36. The second-order valence-corrected chi connectivity index (χ2v) is 5.00. The van der Waals surface area contributed by atoms with E-state index in [1.54, 1.807) is 43.7 Å². The third kappa shape index (κ3) is 2.65. The van der Waals surface area contributed by atoms with Crippen molar-refractivity contribution in [1.29, 1.82) is 0 Å². The number of oxazole rings is 1. The van der Waals surface area contributed by atoms with Crippen LogP contribution < -0.4 is 11.1 Å². The van der Waals surface area contributed by atoms with E-state index in [1.807, 2.05) is 0 Å². The predicted molar refractivity (Wildman–Crippen MR) is 80.5 cm³/mol. The second kappa shape index (κ2) is 5.88. The smallest absolute Gasteiger partial charge is 0.408 e. The molecule has 0 saturated carbocycles. The van der Waals surface area contributed by atoms with E-state index < -0.39 is 11.8 Å². The number of hydrogen-bond donors (Lipinski definition) is 2. The predicted octanol–water partition coefficient (Wildman–Crippen LogP) is 1.24. The Morgan fingerprint density at radius 1 is 1.45 bits per heavy atom. The SMILES string of the molecule is C[C@@H](C(=O)NCCc1cnc[nH]1)n1c(=O)oc2ccccc21. The van der Waals surface area contributed by atoms with Gasteiger partial charge >= 0.3 is 5.76 Å². The minimum Gasteiger partial charge on any atom is -0.408 e. The molecular formula is C15H16N4O3. The molecule has 0 radical (unpaired) electrons. The van der Waals surface area contributed by atoms with Crippen LogP contribution in [0, 0.1) is 0 Å². The number of benzene rings is 1. The Labute approximate surface area is 126 Å². The molecule has 0 saturated heterocycles. The van der Waals surface area contributed by atoms with E-state index in [4.69, 9.17) is 4.42 Å². The minimum atomic E-state index is -0.641. The molecule has 22 heavy (non-hydrogen) atoms. The summed E-state index contributed by atoms with van der Waals surface area (Å²) < 4.78 is 6.51. The summed E-state index contributed by atoms with van der Waals surface area (Å²) in [4.78, 5) is 31.1. The van der Waals surface area contributed by atoms with Crippen molar-refractivity contribution in [2.24, 2.45) is 0 Å². The van der Waals surface area contributed by atoms with Crippen molar-refractivity contribution in [2.75, 3.05) is 6.54 Å². The third-order valence-electron chi connectivity index (χ3n) is 3.53. The lowest BCUT2D eigenvalue weighted by Gasteiger charge is -2.12. The van der Waals surface area contributed by atoms with Gasteiger partial charge in [-0.3, -0.25) is 9.36 Å². The highest BCUT2D eigenvalue weighted by molar-refractivity contribution is 5.82. The zero-order valence-corrected chi connectivity index (χ0v) is 12.1. The Morgan fingerprint density at radius 3 is 3.05 bits per heavy atom. The van der Waals surface area contributed by atoms with Crippen LogP contribution >= 0.6 is 0 Å². The average molecular weight is 300 g/mol. The summed E-state index contributed by atoms with van der Waals surface area (Å²) in [5.41, 5.74) is 2.03. The first-order valence-electron chi connectivity index (χ1n) is 7.02. The van der Waals surface area contributed by atoms with Crippen LogP contribution in [0.1, 0.15) is 18.7 Å². The van der Waals surface area contributed by atoms with E-state index in [0.29, 0.717) is 24.1 Å². The summed E-state index contributed by atoms with van der Waals surface area (Å²) >= 11 is 0. The van der Waals surface area contributed by atoms with Gasteiger partial charge in [0.15, 0.2) is 5.58 Å². The number of H-pyrrole nitrogens is 1. The molecule has 1 aromatic carbocycles. The van der Waals surface area contributed by atoms with Gasteiger partial charge in [0.25, 0.3) is 0 Å². The summed E-state index contributed by atoms with van der Waals surface area (Å²) in [6, 6.07) is 6.41. The first-order valence-corrected chi connectivity index (χ1v) is 7.02. The standard InChI is InChI=1S/C15H16N4O3/c1-10(14(20)17-7-6-11-8-16-9-18-11)19-12-4-2-3-5-13(12)22-15(19)21/h2-5,8-10H,6-7H2,1H3,(H,16,18)(H,17,20)/t10-/m0/s1. The summed E-state index contributed by atoms with van der Waals surface area (Å²) in [6.07, 6.45) is 3.96. The van der Waals surface area contributed by atoms with E-state index in [2.05, 4.69) is 15.3 Å². The summed E-state index contributed by atoms with van der Waals surface area (Å²) in [5, 5.41) is 2.81. The molecule has 2 N–H and O–H groups in total. The number of carbonyl (C=O) groups is 1. The van der Waals surface area contributed by atoms with Crippen LogP contribution in [0.25, 0.3) is 11.1 Å². The van der Waals surface area contributed by atoms with Crippen LogP contribution in [-0.4, -0.2) is 27.0 Å². The van der Waals surface area contributed by atoms with Crippen molar-refractivity contribution in [3.05, 3.63) is 53.0 Å². The molecule has 0 spiro atoms. The van der Waals surface area contributed by atoms with Gasteiger partial charge in [0.1, 0.15) is 6.04 Å². The maximum atomic E-state index is 12.2. The van der Waals surface area contributed by atoms with Crippen molar-refractivity contribution < 1.29 is 9.21 Å². The van der Waals surface area contributed by atoms with Gasteiger partial charge in [0.05, 0.1) is 11.8 Å². The van der Waals surface area contributed by atoms with Crippen LogP contribution in [-0.2, 0) is 11.2 Å². The van der Waals surface area contributed by atoms with E-state index in [1.165, 1.54) is 4.57 Å². The van der Waals surface area contributed by atoms with Crippen molar-refractivity contribution in [1.82, 2.24) is 19.9 Å². The Morgan fingerprint density at radius 2 is 2.27 bits per heavy atom. The van der Waals surface area contributed by atoms with Crippen molar-refractivity contribution >= 4 is 17.0 Å². The highest BCUT2D eigenvalue weighted by atomic mass is 16.4. The number of imidazole rings is 1. The average Bonchev–Trinajstić information content (AvgIpc) is 3.13. The van der Waals surface area contributed by atoms with E-state index in [0.717, 1.165) is 5.69 Å². The Hall–Kier alpha value is -2.83. The fourth-order valence-corrected chi connectivity index (χ4v) is 2.36. The molecule has 2 heterocycles. The maximum Gasteiger partial charge on any atom is 0.420 e. The minimum absolute atomic E-state index is 0.229. The lowest BCUT2D eigenvalue weighted by molar-refractivity contribution is -0.123. The molecule has 0 aliphatic carbocycles. The molecule has 114 valence electrons. The zero-order valence-electron chi connectivity index (χ0n) is 12.1. The van der Waals surface area contributed by atoms with Gasteiger partial charge < -0.3 is 14.7 Å². The van der Waals surface area contributed by atoms with Gasteiger partial charge in [0, 0.05) is 24.9 Å². The molecule has 7 heteroatoms. The van der Waals surface area contributed by atoms with Crippen LogP contribution in [0.2, 0.25) is 0 Å². The van der Waals surface area contributed by atoms with Crippen molar-refractivity contribution in [3.63, 3.8) is 0 Å². The third-order valence-corrected chi connectivity index (χ3v) is 3.53. The molecule has 2 aromatic heterocycles. The van der Waals surface area contributed by atoms with E-state index in [-0.39, 0.29) is 5.91 Å². The Kier molecular flexibility index (Phi) is 3.78. The summed E-state index contributed by atoms with van der Waals surface area (Å²) in [5.74, 6) is -0.759. The quantitative estimate of drug-likeness (QED) is 0.741. The zero-order chi connectivity index (χ0) is 15.5. The molecule has 0 aliphatic heterocycles. The number of nitrogens with zero attached hydrogens (tertiary/aromatic N) is 2. The van der Waals surface area contributed by atoms with E-state index >= 15 is 0 Å². The molecule has 0 fully saturated rings. The number of carbonyl (C=O) groups excluding carboxylic acids is 1. The first kappa shape index (κ1) is 14.1. The largest absolute Gasteiger partial charge is 0.420 e. The molecule has 0 unspecified atom stereocenters. The highest BCUT2D eigenvalue weighted by Gasteiger charge is 2.20. The number of aromatic nitrogens is 3. The monoisotopic (exact) mass is 300 g/mol. The highest BCUT2D eigenvalue weighted by Crippen LogP contribution is 2.16. The fraction of sp³-hybridized carbons (Fsp3) is 0.267. The number of para-hydroxylation sites is 2. The van der Waals surface area contributed by atoms with Gasteiger partial charge in [-0.2, -0.15) is 0 Å². The van der Waals surface area contributed by atoms with Crippen LogP contribution in [0.5, 0.6) is 0 Å². The molecule has 3 rings (SSSR count). The number of nitrogens with one attached hydrogen (secondary N) is 2. The van der Waals surface area contributed by atoms with Crippen molar-refractivity contribution in [2.45, 2.75) is 19.4 Å². The van der Waals surface area contributed by atoms with Crippen LogP contribution in [0.4, 0.5) is 0 Å². The van der Waals surface area contributed by atoms with Gasteiger partial charge in [-0.15, -0.1) is 0 Å². The lowest BCUT2D eigenvalue weighted by atomic mass is 10.2. The van der Waals surface area contributed by atoms with Gasteiger partial charge in [-0.05, 0) is 19.1 Å². The maximum absolute atomic E-state index is 12.2. The summed E-state index contributed by atoms with van der Waals surface area (Å²) in [7, 11) is 0. The molecule has 1 amide bonds. The molecule has 0 aliphatic rings. The Bertz CT molecular complexity index is 832. The van der Waals surface area contributed by atoms with Gasteiger partial charge in [-0.25, -0.2) is 9.78 Å². The lowest BCUT2D eigenvalue weighted by Crippen LogP contribution is -2.35. The molecular weight excluding hydrogens is 284 g/mol. The van der Waals surface area contributed by atoms with Crippen LogP contribution in [0.15, 0.2) is 46.0 Å². The Balaban J connectivity index is 1.72.